The van der Waals surface area contributed by atoms with Gasteiger partial charge in [-0.2, -0.15) is 0 Å². The number of aryl methyl sites for hydroxylation is 1. The minimum atomic E-state index is 0.0253. The van der Waals surface area contributed by atoms with Crippen LogP contribution in [0.4, 0.5) is 0 Å². The Bertz CT molecular complexity index is 358. The lowest BCUT2D eigenvalue weighted by Crippen LogP contribution is -2.25. The second-order valence-corrected chi connectivity index (χ2v) is 4.41. The third kappa shape index (κ3) is 1.21. The fourth-order valence-corrected chi connectivity index (χ4v) is 1.90. The molecule has 0 radical (unpaired) electrons. The number of carbonyl (C=O) groups excluding carboxylic acids is 1. The number of hydrogen-bond acceptors (Lipinski definition) is 2. The first-order chi connectivity index (χ1) is 6.00. The molecule has 2 heteroatoms. The summed E-state index contributed by atoms with van der Waals surface area (Å²) in [4.78, 5) is 11.5. The molecule has 0 unspecified atom stereocenters. The molecule has 0 aliphatic heterocycles. The Balaban J connectivity index is 2.60. The summed E-state index contributed by atoms with van der Waals surface area (Å²) < 4.78 is 5.57. The van der Waals surface area contributed by atoms with Crippen LogP contribution in [0.5, 0.6) is 0 Å². The molecule has 0 amide bonds. The predicted molar refractivity (Wildman–Crippen MR) is 50.0 cm³/mol. The Hall–Kier alpha value is -1.05. The van der Waals surface area contributed by atoms with E-state index >= 15 is 0 Å². The quantitative estimate of drug-likeness (QED) is 0.611. The van der Waals surface area contributed by atoms with Crippen LogP contribution in [0.2, 0.25) is 0 Å². The first kappa shape index (κ1) is 8.54. The first-order valence-electron chi connectivity index (χ1n) is 4.65. The van der Waals surface area contributed by atoms with Crippen LogP contribution in [0.15, 0.2) is 10.5 Å². The average molecular weight is 178 g/mol. The highest BCUT2D eigenvalue weighted by atomic mass is 16.3. The van der Waals surface area contributed by atoms with E-state index in [9.17, 15) is 4.79 Å². The number of ketones is 1. The lowest BCUT2D eigenvalue weighted by Gasteiger charge is -2.26. The van der Waals surface area contributed by atoms with Gasteiger partial charge >= 0.3 is 0 Å². The monoisotopic (exact) mass is 178 g/mol. The molecular formula is C11H14O2. The Morgan fingerprint density at radius 2 is 2.15 bits per heavy atom. The maximum atomic E-state index is 11.5. The Kier molecular flexibility index (Phi) is 1.62. The summed E-state index contributed by atoms with van der Waals surface area (Å²) in [5, 5.41) is 0. The van der Waals surface area contributed by atoms with Crippen LogP contribution in [0, 0.1) is 6.92 Å². The molecule has 0 bridgehead atoms. The Morgan fingerprint density at radius 1 is 1.46 bits per heavy atom. The first-order valence-corrected chi connectivity index (χ1v) is 4.65. The van der Waals surface area contributed by atoms with Gasteiger partial charge in [0.05, 0.1) is 5.56 Å². The van der Waals surface area contributed by atoms with E-state index < -0.39 is 0 Å². The Morgan fingerprint density at radius 3 is 2.77 bits per heavy atom. The van der Waals surface area contributed by atoms with Gasteiger partial charge in [0.25, 0.3) is 0 Å². The smallest absolute Gasteiger partial charge is 0.166 e. The van der Waals surface area contributed by atoms with Crippen molar-refractivity contribution in [3.63, 3.8) is 0 Å². The minimum absolute atomic E-state index is 0.0253. The molecular weight excluding hydrogens is 164 g/mol. The lowest BCUT2D eigenvalue weighted by atomic mass is 9.77. The molecule has 0 aromatic carbocycles. The summed E-state index contributed by atoms with van der Waals surface area (Å²) >= 11 is 0. The standard InChI is InChI=1S/C11H14O2/c1-7-6-8-9(12)4-5-11(2,3)10(8)13-7/h6H,4-5H2,1-3H3. The molecule has 0 saturated carbocycles. The molecule has 1 heterocycles. The predicted octanol–water partition coefficient (Wildman–Crippen LogP) is 2.84. The molecule has 0 spiro atoms. The van der Waals surface area contributed by atoms with Crippen LogP contribution < -0.4 is 0 Å². The van der Waals surface area contributed by atoms with Crippen molar-refractivity contribution in [2.75, 3.05) is 0 Å². The van der Waals surface area contributed by atoms with Gasteiger partial charge in [0, 0.05) is 11.8 Å². The molecule has 1 aromatic heterocycles. The van der Waals surface area contributed by atoms with Gasteiger partial charge in [-0.05, 0) is 19.4 Å². The number of hydrogen-bond donors (Lipinski definition) is 0. The second-order valence-electron chi connectivity index (χ2n) is 4.41. The van der Waals surface area contributed by atoms with Crippen molar-refractivity contribution < 1.29 is 9.21 Å². The van der Waals surface area contributed by atoms with Crippen molar-refractivity contribution in [3.8, 4) is 0 Å². The molecule has 2 nitrogen and oxygen atoms in total. The average Bonchev–Trinajstić information content (AvgIpc) is 2.42. The van der Waals surface area contributed by atoms with Crippen molar-refractivity contribution >= 4 is 5.78 Å². The van der Waals surface area contributed by atoms with Gasteiger partial charge in [-0.1, -0.05) is 13.8 Å². The van der Waals surface area contributed by atoms with Crippen LogP contribution in [0.3, 0.4) is 0 Å². The summed E-state index contributed by atoms with van der Waals surface area (Å²) in [5.74, 6) is 1.95. The maximum Gasteiger partial charge on any atom is 0.166 e. The molecule has 0 saturated heterocycles. The molecule has 70 valence electrons. The van der Waals surface area contributed by atoms with E-state index in [1.54, 1.807) is 0 Å². The van der Waals surface area contributed by atoms with Crippen molar-refractivity contribution in [2.45, 2.75) is 39.0 Å². The number of furan rings is 1. The van der Waals surface area contributed by atoms with Crippen molar-refractivity contribution in [1.29, 1.82) is 0 Å². The molecule has 1 aliphatic carbocycles. The normalized spacial score (nSPS) is 20.1. The highest BCUT2D eigenvalue weighted by Gasteiger charge is 2.35. The third-order valence-corrected chi connectivity index (χ3v) is 2.75. The fourth-order valence-electron chi connectivity index (χ4n) is 1.90. The van der Waals surface area contributed by atoms with E-state index in [1.165, 1.54) is 0 Å². The van der Waals surface area contributed by atoms with Gasteiger partial charge in [-0.15, -0.1) is 0 Å². The van der Waals surface area contributed by atoms with Crippen LogP contribution in [-0.4, -0.2) is 5.78 Å². The second kappa shape index (κ2) is 2.47. The molecule has 0 atom stereocenters. The Labute approximate surface area is 77.9 Å². The van der Waals surface area contributed by atoms with Crippen LogP contribution in [0.25, 0.3) is 0 Å². The van der Waals surface area contributed by atoms with Gasteiger partial charge in [0.15, 0.2) is 5.78 Å². The van der Waals surface area contributed by atoms with Gasteiger partial charge in [-0.25, -0.2) is 0 Å². The zero-order chi connectivity index (χ0) is 9.64. The summed E-state index contributed by atoms with van der Waals surface area (Å²) in [5.41, 5.74) is 0.825. The van der Waals surface area contributed by atoms with E-state index in [1.807, 2.05) is 13.0 Å². The van der Waals surface area contributed by atoms with Crippen LogP contribution in [0.1, 0.15) is 48.6 Å². The summed E-state index contributed by atoms with van der Waals surface area (Å²) in [6, 6.07) is 1.86. The van der Waals surface area contributed by atoms with E-state index in [0.717, 1.165) is 23.5 Å². The summed E-state index contributed by atoms with van der Waals surface area (Å²) in [6.07, 6.45) is 1.55. The number of carbonyl (C=O) groups is 1. The summed E-state index contributed by atoms with van der Waals surface area (Å²) in [7, 11) is 0. The topological polar surface area (TPSA) is 30.2 Å². The molecule has 0 fully saturated rings. The highest BCUT2D eigenvalue weighted by molar-refractivity contribution is 5.98. The van der Waals surface area contributed by atoms with Gasteiger partial charge in [0.2, 0.25) is 0 Å². The number of rotatable bonds is 0. The summed E-state index contributed by atoms with van der Waals surface area (Å²) in [6.45, 7) is 6.14. The van der Waals surface area contributed by atoms with E-state index in [4.69, 9.17) is 4.42 Å². The van der Waals surface area contributed by atoms with Crippen LogP contribution >= 0.6 is 0 Å². The van der Waals surface area contributed by atoms with Gasteiger partial charge in [-0.3, -0.25) is 4.79 Å². The van der Waals surface area contributed by atoms with E-state index in [0.29, 0.717) is 6.42 Å². The molecule has 2 rings (SSSR count). The highest BCUT2D eigenvalue weighted by Crippen LogP contribution is 2.38. The number of Topliss-reactive ketones (excluding diaryl/α,β-unsaturated/α-hetero) is 1. The van der Waals surface area contributed by atoms with Gasteiger partial charge in [0.1, 0.15) is 11.5 Å². The minimum Gasteiger partial charge on any atom is -0.465 e. The van der Waals surface area contributed by atoms with E-state index in [-0.39, 0.29) is 11.2 Å². The third-order valence-electron chi connectivity index (χ3n) is 2.75. The van der Waals surface area contributed by atoms with Crippen molar-refractivity contribution in [3.05, 3.63) is 23.2 Å². The van der Waals surface area contributed by atoms with Crippen molar-refractivity contribution in [1.82, 2.24) is 0 Å². The fraction of sp³-hybridized carbons (Fsp3) is 0.545. The van der Waals surface area contributed by atoms with Gasteiger partial charge < -0.3 is 4.42 Å². The zero-order valence-corrected chi connectivity index (χ0v) is 8.31. The SMILES string of the molecule is Cc1cc2c(o1)C(C)(C)CCC2=O. The lowest BCUT2D eigenvalue weighted by molar-refractivity contribution is 0.0949. The molecule has 0 N–H and O–H groups in total. The molecule has 1 aromatic rings. The molecule has 1 aliphatic rings. The van der Waals surface area contributed by atoms with Crippen LogP contribution in [-0.2, 0) is 5.41 Å². The number of fused-ring (bicyclic) bond motifs is 1. The van der Waals surface area contributed by atoms with Crippen molar-refractivity contribution in [2.24, 2.45) is 0 Å². The maximum absolute atomic E-state index is 11.5. The largest absolute Gasteiger partial charge is 0.465 e. The zero-order valence-electron chi connectivity index (χ0n) is 8.31. The van der Waals surface area contributed by atoms with E-state index in [2.05, 4.69) is 13.8 Å². The molecule has 13 heavy (non-hydrogen) atoms.